The highest BCUT2D eigenvalue weighted by Gasteiger charge is 2.72. The first kappa shape index (κ1) is 11.1. The Morgan fingerprint density at radius 1 is 1.00 bits per heavy atom. The van der Waals surface area contributed by atoms with E-state index in [4.69, 9.17) is 0 Å². The molecule has 0 spiro atoms. The second-order valence-corrected chi connectivity index (χ2v) is 7.95. The van der Waals surface area contributed by atoms with Crippen molar-refractivity contribution in [2.24, 2.45) is 22.2 Å². The smallest absolute Gasteiger partial charge is 0.0762 e. The maximum atomic E-state index is 11.4. The summed E-state index contributed by atoms with van der Waals surface area (Å²) in [5.74, 6) is 0.735. The first-order valence-electron chi connectivity index (χ1n) is 6.98. The van der Waals surface area contributed by atoms with Crippen molar-refractivity contribution in [3.63, 3.8) is 0 Å². The molecule has 0 amide bonds. The number of hydrogen-bond donors (Lipinski definition) is 1. The molecule has 1 nitrogen and oxygen atoms in total. The van der Waals surface area contributed by atoms with Crippen LogP contribution in [0.1, 0.15) is 66.2 Å². The zero-order chi connectivity index (χ0) is 11.8. The molecule has 0 saturated heterocycles. The lowest BCUT2D eigenvalue weighted by Crippen LogP contribution is -2.61. The second-order valence-electron chi connectivity index (χ2n) is 7.95. The van der Waals surface area contributed by atoms with Crippen molar-refractivity contribution in [2.75, 3.05) is 0 Å². The van der Waals surface area contributed by atoms with Gasteiger partial charge in [0.25, 0.3) is 0 Å². The Kier molecular flexibility index (Phi) is 1.86. The molecular formula is C15H26O. The van der Waals surface area contributed by atoms with Crippen molar-refractivity contribution < 1.29 is 5.11 Å². The summed E-state index contributed by atoms with van der Waals surface area (Å²) in [7, 11) is 0. The third-order valence-corrected chi connectivity index (χ3v) is 6.78. The molecule has 1 heteroatoms. The largest absolute Gasteiger partial charge is 0.389 e. The van der Waals surface area contributed by atoms with Gasteiger partial charge < -0.3 is 5.11 Å². The van der Waals surface area contributed by atoms with E-state index in [0.29, 0.717) is 5.41 Å². The van der Waals surface area contributed by atoms with Gasteiger partial charge in [-0.3, -0.25) is 0 Å². The van der Waals surface area contributed by atoms with E-state index in [0.717, 1.165) is 12.3 Å². The minimum atomic E-state index is -0.384. The van der Waals surface area contributed by atoms with E-state index in [1.165, 1.54) is 32.1 Å². The molecule has 3 fully saturated rings. The number of rotatable bonds is 0. The summed E-state index contributed by atoms with van der Waals surface area (Å²) in [4.78, 5) is 0. The lowest BCUT2D eigenvalue weighted by Gasteiger charge is -2.61. The van der Waals surface area contributed by atoms with Gasteiger partial charge in [0, 0.05) is 5.41 Å². The molecule has 0 radical (unpaired) electrons. The van der Waals surface area contributed by atoms with Crippen LogP contribution in [-0.2, 0) is 0 Å². The summed E-state index contributed by atoms with van der Waals surface area (Å²) in [6, 6.07) is 0. The van der Waals surface area contributed by atoms with Gasteiger partial charge >= 0.3 is 0 Å². The Morgan fingerprint density at radius 3 is 2.31 bits per heavy atom. The van der Waals surface area contributed by atoms with Gasteiger partial charge in [0.1, 0.15) is 0 Å². The van der Waals surface area contributed by atoms with E-state index in [1.54, 1.807) is 0 Å². The molecular weight excluding hydrogens is 196 g/mol. The van der Waals surface area contributed by atoms with Gasteiger partial charge in [-0.15, -0.1) is 0 Å². The first-order valence-corrected chi connectivity index (χ1v) is 6.98. The third-order valence-electron chi connectivity index (χ3n) is 6.78. The minimum Gasteiger partial charge on any atom is -0.389 e. The molecule has 0 aromatic rings. The van der Waals surface area contributed by atoms with Crippen LogP contribution in [0.3, 0.4) is 0 Å². The summed E-state index contributed by atoms with van der Waals surface area (Å²) in [5.41, 5.74) is 0.349. The van der Waals surface area contributed by atoms with Crippen LogP contribution in [0.4, 0.5) is 0 Å². The molecule has 4 unspecified atom stereocenters. The second kappa shape index (κ2) is 2.68. The van der Waals surface area contributed by atoms with Crippen LogP contribution in [0, 0.1) is 22.2 Å². The molecule has 1 N–H and O–H groups in total. The molecule has 4 bridgehead atoms. The Labute approximate surface area is 99.6 Å². The van der Waals surface area contributed by atoms with E-state index in [2.05, 4.69) is 27.7 Å². The van der Waals surface area contributed by atoms with Crippen LogP contribution in [0.2, 0.25) is 0 Å². The molecule has 0 aliphatic heterocycles. The zero-order valence-corrected chi connectivity index (χ0v) is 11.3. The van der Waals surface area contributed by atoms with Crippen molar-refractivity contribution in [1.82, 2.24) is 0 Å². The molecule has 16 heavy (non-hydrogen) atoms. The summed E-state index contributed by atoms with van der Waals surface area (Å²) in [6.07, 6.45) is 7.41. The van der Waals surface area contributed by atoms with Crippen LogP contribution < -0.4 is 0 Å². The Bertz CT molecular complexity index is 334. The number of aliphatic hydroxyl groups is 1. The quantitative estimate of drug-likeness (QED) is 0.662. The highest BCUT2D eigenvalue weighted by atomic mass is 16.3. The average molecular weight is 222 g/mol. The molecule has 3 aliphatic rings. The van der Waals surface area contributed by atoms with Crippen LogP contribution >= 0.6 is 0 Å². The van der Waals surface area contributed by atoms with E-state index in [1.807, 2.05) is 0 Å². The van der Waals surface area contributed by atoms with Crippen molar-refractivity contribution in [1.29, 1.82) is 0 Å². The Hall–Kier alpha value is -0.0400. The summed E-state index contributed by atoms with van der Waals surface area (Å²) < 4.78 is 0. The van der Waals surface area contributed by atoms with Gasteiger partial charge in [0.2, 0.25) is 0 Å². The molecule has 3 aliphatic carbocycles. The SMILES string of the molecule is CC1(C)CC2(O)C3(C)CCCC2(C)C1CC3. The van der Waals surface area contributed by atoms with E-state index in [9.17, 15) is 5.11 Å². The van der Waals surface area contributed by atoms with Gasteiger partial charge in [-0.2, -0.15) is 0 Å². The van der Waals surface area contributed by atoms with Crippen LogP contribution in [0.15, 0.2) is 0 Å². The summed E-state index contributed by atoms with van der Waals surface area (Å²) >= 11 is 0. The standard InChI is InChI=1S/C15H26O/c1-12(2)10-15(16)13(3)7-5-8-14(15,4)11(12)6-9-13/h11,16H,5-10H2,1-4H3. The first-order chi connectivity index (χ1) is 7.25. The fraction of sp³-hybridized carbons (Fsp3) is 1.00. The fourth-order valence-electron chi connectivity index (χ4n) is 5.98. The summed E-state index contributed by atoms with van der Waals surface area (Å²) in [5, 5.41) is 11.4. The van der Waals surface area contributed by atoms with Gasteiger partial charge in [-0.05, 0) is 48.9 Å². The maximum absolute atomic E-state index is 11.4. The maximum Gasteiger partial charge on any atom is 0.0762 e. The van der Waals surface area contributed by atoms with Crippen molar-refractivity contribution >= 4 is 0 Å². The van der Waals surface area contributed by atoms with E-state index < -0.39 is 0 Å². The molecule has 92 valence electrons. The molecule has 3 saturated carbocycles. The van der Waals surface area contributed by atoms with Gasteiger partial charge in [0.15, 0.2) is 0 Å². The van der Waals surface area contributed by atoms with E-state index in [-0.39, 0.29) is 16.4 Å². The third kappa shape index (κ3) is 0.939. The van der Waals surface area contributed by atoms with Crippen molar-refractivity contribution in [2.45, 2.75) is 71.8 Å². The monoisotopic (exact) mass is 222 g/mol. The highest BCUT2D eigenvalue weighted by Crippen LogP contribution is 2.74. The normalized spacial score (nSPS) is 58.7. The summed E-state index contributed by atoms with van der Waals surface area (Å²) in [6.45, 7) is 9.49. The molecule has 0 aromatic carbocycles. The predicted molar refractivity (Wildman–Crippen MR) is 66.1 cm³/mol. The van der Waals surface area contributed by atoms with Crippen LogP contribution in [0.5, 0.6) is 0 Å². The molecule has 4 atom stereocenters. The lowest BCUT2D eigenvalue weighted by molar-refractivity contribution is -0.207. The fourth-order valence-corrected chi connectivity index (χ4v) is 5.98. The topological polar surface area (TPSA) is 20.2 Å². The molecule has 0 aromatic heterocycles. The van der Waals surface area contributed by atoms with Crippen molar-refractivity contribution in [3.05, 3.63) is 0 Å². The van der Waals surface area contributed by atoms with Gasteiger partial charge in [0.05, 0.1) is 5.60 Å². The average Bonchev–Trinajstić information content (AvgIpc) is 2.20. The predicted octanol–water partition coefficient (Wildman–Crippen LogP) is 3.75. The Balaban J connectivity index is 2.17. The van der Waals surface area contributed by atoms with Gasteiger partial charge in [-0.25, -0.2) is 0 Å². The van der Waals surface area contributed by atoms with Crippen LogP contribution in [0.25, 0.3) is 0 Å². The molecule has 0 heterocycles. The van der Waals surface area contributed by atoms with Crippen molar-refractivity contribution in [3.8, 4) is 0 Å². The lowest BCUT2D eigenvalue weighted by atomic mass is 9.47. The minimum absolute atomic E-state index is 0.196. The van der Waals surface area contributed by atoms with Crippen LogP contribution in [-0.4, -0.2) is 10.7 Å². The molecule has 3 rings (SSSR count). The van der Waals surface area contributed by atoms with E-state index >= 15 is 0 Å². The van der Waals surface area contributed by atoms with Gasteiger partial charge in [-0.1, -0.05) is 34.1 Å². The Morgan fingerprint density at radius 2 is 1.69 bits per heavy atom. The highest BCUT2D eigenvalue weighted by molar-refractivity contribution is 5.22. The zero-order valence-electron chi connectivity index (χ0n) is 11.3. The number of hydrogen-bond acceptors (Lipinski definition) is 1.